The Kier molecular flexibility index (Phi) is 6.23. The third kappa shape index (κ3) is 4.36. The van der Waals surface area contributed by atoms with E-state index in [9.17, 15) is 17.7 Å². The Labute approximate surface area is 174 Å². The van der Waals surface area contributed by atoms with Crippen LogP contribution in [0.15, 0.2) is 36.4 Å². The number of fused-ring (bicyclic) bond motifs is 1. The van der Waals surface area contributed by atoms with Crippen molar-refractivity contribution in [3.63, 3.8) is 0 Å². The highest BCUT2D eigenvalue weighted by Crippen LogP contribution is 2.44. The number of hydrogen-bond acceptors (Lipinski definition) is 4. The molecule has 1 aromatic heterocycles. The Hall–Kier alpha value is -2.40. The molecule has 0 fully saturated rings. The van der Waals surface area contributed by atoms with Gasteiger partial charge in [-0.3, -0.25) is 0 Å². The van der Waals surface area contributed by atoms with E-state index >= 15 is 0 Å². The van der Waals surface area contributed by atoms with E-state index in [4.69, 9.17) is 0 Å². The molecule has 4 nitrogen and oxygen atoms in total. The SMILES string of the molecule is CCP(=O)(CC)c1ccc2nc(C)nc(NCc3cccc(C(F)(F)F)c3C)c2c1. The number of nitrogens with zero attached hydrogens (tertiary/aromatic N) is 2. The van der Waals surface area contributed by atoms with Gasteiger partial charge in [-0.2, -0.15) is 13.2 Å². The van der Waals surface area contributed by atoms with Crippen LogP contribution in [0.3, 0.4) is 0 Å². The van der Waals surface area contributed by atoms with E-state index in [-0.39, 0.29) is 12.1 Å². The van der Waals surface area contributed by atoms with Gasteiger partial charge in [-0.25, -0.2) is 9.97 Å². The first-order valence-electron chi connectivity index (χ1n) is 9.85. The lowest BCUT2D eigenvalue weighted by atomic mass is 10.0. The van der Waals surface area contributed by atoms with Gasteiger partial charge in [0, 0.05) is 29.6 Å². The van der Waals surface area contributed by atoms with Crippen LogP contribution < -0.4 is 10.6 Å². The lowest BCUT2D eigenvalue weighted by molar-refractivity contribution is -0.138. The van der Waals surface area contributed by atoms with Gasteiger partial charge in [0.05, 0.1) is 11.1 Å². The summed E-state index contributed by atoms with van der Waals surface area (Å²) in [6.45, 7) is 7.24. The molecule has 0 saturated carbocycles. The maximum atomic E-state index is 13.2. The third-order valence-electron chi connectivity index (χ3n) is 5.48. The van der Waals surface area contributed by atoms with Gasteiger partial charge in [-0.05, 0) is 49.2 Å². The fraction of sp³-hybridized carbons (Fsp3) is 0.364. The van der Waals surface area contributed by atoms with Gasteiger partial charge in [0.2, 0.25) is 0 Å². The van der Waals surface area contributed by atoms with E-state index in [2.05, 4.69) is 15.3 Å². The van der Waals surface area contributed by atoms with Gasteiger partial charge in [-0.1, -0.05) is 26.0 Å². The second-order valence-corrected chi connectivity index (χ2v) is 10.8. The Balaban J connectivity index is 2.01. The second-order valence-electron chi connectivity index (χ2n) is 7.28. The molecule has 0 saturated heterocycles. The minimum absolute atomic E-state index is 0.185. The molecule has 0 amide bonds. The highest BCUT2D eigenvalue weighted by atomic mass is 31.2. The Bertz CT molecular complexity index is 1120. The van der Waals surface area contributed by atoms with Crippen molar-refractivity contribution in [3.05, 3.63) is 58.9 Å². The van der Waals surface area contributed by atoms with Gasteiger partial charge >= 0.3 is 6.18 Å². The smallest absolute Gasteiger partial charge is 0.365 e. The first kappa shape index (κ1) is 22.3. The van der Waals surface area contributed by atoms with Crippen molar-refractivity contribution in [1.29, 1.82) is 0 Å². The Morgan fingerprint density at radius 3 is 2.37 bits per heavy atom. The highest BCUT2D eigenvalue weighted by molar-refractivity contribution is 7.71. The van der Waals surface area contributed by atoms with E-state index in [1.165, 1.54) is 13.0 Å². The molecule has 30 heavy (non-hydrogen) atoms. The van der Waals surface area contributed by atoms with E-state index in [0.29, 0.717) is 40.4 Å². The summed E-state index contributed by atoms with van der Waals surface area (Å²) in [5.74, 6) is 1.07. The fourth-order valence-electron chi connectivity index (χ4n) is 3.57. The van der Waals surface area contributed by atoms with Crippen LogP contribution in [-0.2, 0) is 17.3 Å². The van der Waals surface area contributed by atoms with E-state index < -0.39 is 18.9 Å². The summed E-state index contributed by atoms with van der Waals surface area (Å²) < 4.78 is 52.8. The minimum atomic E-state index is -4.39. The lowest BCUT2D eigenvalue weighted by Gasteiger charge is -2.17. The van der Waals surface area contributed by atoms with Crippen LogP contribution in [0, 0.1) is 13.8 Å². The van der Waals surface area contributed by atoms with Crippen molar-refractivity contribution in [3.8, 4) is 0 Å². The molecule has 0 radical (unpaired) electrons. The highest BCUT2D eigenvalue weighted by Gasteiger charge is 2.32. The van der Waals surface area contributed by atoms with Crippen molar-refractivity contribution in [1.82, 2.24) is 9.97 Å². The maximum Gasteiger partial charge on any atom is 0.416 e. The summed E-state index contributed by atoms with van der Waals surface area (Å²) in [4.78, 5) is 8.90. The van der Waals surface area contributed by atoms with Crippen molar-refractivity contribution >= 4 is 29.2 Å². The van der Waals surface area contributed by atoms with Crippen LogP contribution >= 0.6 is 7.14 Å². The molecule has 0 unspecified atom stereocenters. The minimum Gasteiger partial charge on any atom is -0.365 e. The Morgan fingerprint density at radius 1 is 1.03 bits per heavy atom. The Morgan fingerprint density at radius 2 is 1.73 bits per heavy atom. The van der Waals surface area contributed by atoms with Gasteiger partial charge in [0.25, 0.3) is 0 Å². The van der Waals surface area contributed by atoms with Gasteiger partial charge < -0.3 is 9.88 Å². The summed E-state index contributed by atoms with van der Waals surface area (Å²) in [7, 11) is -2.49. The maximum absolute atomic E-state index is 13.2. The molecule has 0 aliphatic rings. The van der Waals surface area contributed by atoms with Crippen LogP contribution in [0.4, 0.5) is 19.0 Å². The molecular formula is C22H25F3N3OP. The number of anilines is 1. The van der Waals surface area contributed by atoms with Crippen LogP contribution in [0.1, 0.15) is 36.4 Å². The number of benzene rings is 2. The molecule has 0 aliphatic carbocycles. The molecule has 0 bridgehead atoms. The number of aromatic nitrogens is 2. The zero-order valence-corrected chi connectivity index (χ0v) is 18.4. The third-order valence-corrected chi connectivity index (χ3v) is 8.74. The van der Waals surface area contributed by atoms with E-state index in [1.54, 1.807) is 13.0 Å². The van der Waals surface area contributed by atoms with Gasteiger partial charge in [-0.15, -0.1) is 0 Å². The van der Waals surface area contributed by atoms with Crippen molar-refractivity contribution in [2.45, 2.75) is 40.4 Å². The number of alkyl halides is 3. The summed E-state index contributed by atoms with van der Waals surface area (Å²) in [5.41, 5.74) is 0.792. The first-order valence-corrected chi connectivity index (χ1v) is 11.9. The quantitative estimate of drug-likeness (QED) is 0.490. The van der Waals surface area contributed by atoms with E-state index in [0.717, 1.165) is 11.4 Å². The monoisotopic (exact) mass is 435 g/mol. The van der Waals surface area contributed by atoms with Crippen LogP contribution in [0.25, 0.3) is 10.9 Å². The van der Waals surface area contributed by atoms with Crippen molar-refractivity contribution in [2.24, 2.45) is 0 Å². The normalized spacial score (nSPS) is 12.4. The molecule has 160 valence electrons. The number of nitrogens with one attached hydrogen (secondary N) is 1. The zero-order chi connectivity index (χ0) is 22.1. The number of hydrogen-bond donors (Lipinski definition) is 1. The molecule has 0 spiro atoms. The number of halogens is 3. The predicted octanol–water partition coefficient (Wildman–Crippen LogP) is 5.91. The average Bonchev–Trinajstić information content (AvgIpc) is 2.71. The van der Waals surface area contributed by atoms with Crippen LogP contribution in [-0.4, -0.2) is 22.3 Å². The summed E-state index contributed by atoms with van der Waals surface area (Å²) in [5, 5.41) is 4.65. The van der Waals surface area contributed by atoms with Crippen molar-refractivity contribution in [2.75, 3.05) is 17.6 Å². The topological polar surface area (TPSA) is 54.9 Å². The standard InChI is InChI=1S/C22H25F3N3OP/c1-5-30(29,6-2)17-10-11-20-18(12-17)21(28-15(4)27-20)26-13-16-8-7-9-19(14(16)3)22(23,24)25/h7-12H,5-6,13H2,1-4H3,(H,26,27,28). The van der Waals surface area contributed by atoms with Crippen molar-refractivity contribution < 1.29 is 17.7 Å². The van der Waals surface area contributed by atoms with Crippen LogP contribution in [0.5, 0.6) is 0 Å². The molecule has 0 atom stereocenters. The molecule has 3 rings (SSSR count). The average molecular weight is 435 g/mol. The first-order chi connectivity index (χ1) is 14.1. The molecule has 0 aliphatic heterocycles. The summed E-state index contributed by atoms with van der Waals surface area (Å²) >= 11 is 0. The van der Waals surface area contributed by atoms with Gasteiger partial charge in [0.15, 0.2) is 0 Å². The molecular weight excluding hydrogens is 410 g/mol. The van der Waals surface area contributed by atoms with Gasteiger partial charge in [0.1, 0.15) is 18.8 Å². The lowest BCUT2D eigenvalue weighted by Crippen LogP contribution is -2.12. The number of rotatable bonds is 6. The molecule has 1 N–H and O–H groups in total. The molecule has 1 heterocycles. The summed E-state index contributed by atoms with van der Waals surface area (Å²) in [6, 6.07) is 9.70. The van der Waals surface area contributed by atoms with Crippen LogP contribution in [0.2, 0.25) is 0 Å². The second kappa shape index (κ2) is 8.38. The molecule has 3 aromatic rings. The predicted molar refractivity (Wildman–Crippen MR) is 116 cm³/mol. The van der Waals surface area contributed by atoms with E-state index in [1.807, 2.05) is 32.0 Å². The fourth-order valence-corrected chi connectivity index (χ4v) is 5.46. The summed E-state index contributed by atoms with van der Waals surface area (Å²) in [6.07, 6.45) is -3.27. The number of aryl methyl sites for hydroxylation is 1. The molecule has 2 aromatic carbocycles. The largest absolute Gasteiger partial charge is 0.416 e. The molecule has 8 heteroatoms. The zero-order valence-electron chi connectivity index (χ0n) is 17.5.